The molecule has 2 aliphatic rings. The minimum atomic E-state index is -4.15. The number of hydrogen-bond acceptors (Lipinski definition) is 7. The summed E-state index contributed by atoms with van der Waals surface area (Å²) in [6, 6.07) is 18.5. The zero-order valence-corrected chi connectivity index (χ0v) is 30.4. The number of nitrogens with one attached hydrogen (secondary N) is 1. The zero-order valence-electron chi connectivity index (χ0n) is 29.5. The van der Waals surface area contributed by atoms with E-state index in [-0.39, 0.29) is 41.1 Å². The topological polar surface area (TPSA) is 125 Å². The summed E-state index contributed by atoms with van der Waals surface area (Å²) in [7, 11) is -2.51. The number of aryl methyl sites for hydroxylation is 1. The lowest BCUT2D eigenvalue weighted by atomic mass is 9.95. The van der Waals surface area contributed by atoms with E-state index >= 15 is 0 Å². The number of aromatic nitrogens is 1. The maximum absolute atomic E-state index is 14.5. The van der Waals surface area contributed by atoms with Crippen molar-refractivity contribution >= 4 is 33.6 Å². The van der Waals surface area contributed by atoms with Gasteiger partial charge in [-0.3, -0.25) is 19.5 Å². The molecule has 0 unspecified atom stereocenters. The van der Waals surface area contributed by atoms with Gasteiger partial charge in [0.05, 0.1) is 23.6 Å². The first-order chi connectivity index (χ1) is 24.4. The minimum absolute atomic E-state index is 0.0136. The van der Waals surface area contributed by atoms with Crippen LogP contribution in [-0.2, 0) is 39.1 Å². The molecule has 3 aromatic carbocycles. The number of hydrogen-bond donors (Lipinski definition) is 1. The predicted molar refractivity (Wildman–Crippen MR) is 194 cm³/mol. The average molecular weight is 714 g/mol. The van der Waals surface area contributed by atoms with Crippen LogP contribution in [0.1, 0.15) is 79.8 Å². The SMILES string of the molecule is CCCCC1=NC2(CCCC2)C(=O)N1Cc1ccc(-c2ccccc2S(=O)(=O)Nc2onc(C)c2C)c(CN(C)C(=O)Cc2ccccc2F)c1. The molecule has 10 nitrogen and oxygen atoms in total. The maximum atomic E-state index is 14.5. The first-order valence-corrected chi connectivity index (χ1v) is 19.0. The molecular formula is C39H44FN5O5S. The Balaban J connectivity index is 1.37. The Hall–Kier alpha value is -4.84. The Morgan fingerprint density at radius 3 is 2.45 bits per heavy atom. The number of halogens is 1. The van der Waals surface area contributed by atoms with E-state index in [1.807, 2.05) is 23.1 Å². The highest BCUT2D eigenvalue weighted by Gasteiger charge is 2.49. The Bertz CT molecular complexity index is 2090. The summed E-state index contributed by atoms with van der Waals surface area (Å²) in [4.78, 5) is 35.7. The van der Waals surface area contributed by atoms with Crippen molar-refractivity contribution in [3.05, 3.63) is 100 Å². The van der Waals surface area contributed by atoms with Gasteiger partial charge >= 0.3 is 0 Å². The lowest BCUT2D eigenvalue weighted by molar-refractivity contribution is -0.131. The molecule has 2 heterocycles. The first kappa shape index (κ1) is 36.0. The van der Waals surface area contributed by atoms with Crippen LogP contribution in [0.2, 0.25) is 0 Å². The molecule has 268 valence electrons. The Morgan fingerprint density at radius 1 is 1.02 bits per heavy atom. The summed E-state index contributed by atoms with van der Waals surface area (Å²) < 4.78 is 50.0. The smallest absolute Gasteiger partial charge is 0.264 e. The van der Waals surface area contributed by atoms with E-state index < -0.39 is 21.4 Å². The Labute approximate surface area is 298 Å². The number of amidine groups is 1. The van der Waals surface area contributed by atoms with Gasteiger partial charge in [0.2, 0.25) is 11.8 Å². The molecule has 2 amide bonds. The fraction of sp³-hybridized carbons (Fsp3) is 0.385. The van der Waals surface area contributed by atoms with Crippen LogP contribution in [0.25, 0.3) is 11.1 Å². The Morgan fingerprint density at radius 2 is 1.75 bits per heavy atom. The van der Waals surface area contributed by atoms with Crippen molar-refractivity contribution in [1.29, 1.82) is 0 Å². The quantitative estimate of drug-likeness (QED) is 0.155. The molecule has 1 aliphatic carbocycles. The third kappa shape index (κ3) is 7.46. The van der Waals surface area contributed by atoms with E-state index in [4.69, 9.17) is 9.52 Å². The number of sulfonamides is 1. The summed E-state index contributed by atoms with van der Waals surface area (Å²) in [5.74, 6) is 0.122. The molecule has 0 radical (unpaired) electrons. The van der Waals surface area contributed by atoms with E-state index in [1.54, 1.807) is 57.3 Å². The van der Waals surface area contributed by atoms with Crippen molar-refractivity contribution in [2.24, 2.45) is 4.99 Å². The molecule has 1 aromatic heterocycles. The van der Waals surface area contributed by atoms with Gasteiger partial charge in [0, 0.05) is 31.1 Å². The number of carbonyl (C=O) groups excluding carboxylic acids is 2. The van der Waals surface area contributed by atoms with Gasteiger partial charge in [0.25, 0.3) is 15.9 Å². The standard InChI is InChI=1S/C39H44FN5O5S/c1-5-6-17-35-41-39(20-11-12-21-39)38(47)45(35)24-28-18-19-31(30(22-28)25-44(4)36(46)23-29-13-7-9-15-33(29)40)32-14-8-10-16-34(32)51(48,49)43-37-26(2)27(3)42-50-37/h7-10,13-16,18-19,22,43H,5-6,11-12,17,20-21,23-25H2,1-4H3. The summed E-state index contributed by atoms with van der Waals surface area (Å²) in [6.07, 6.45) is 5.94. The van der Waals surface area contributed by atoms with Crippen LogP contribution < -0.4 is 4.72 Å². The van der Waals surface area contributed by atoms with Crippen molar-refractivity contribution in [2.45, 2.75) is 95.7 Å². The lowest BCUT2D eigenvalue weighted by Gasteiger charge is -2.24. The number of unbranched alkanes of at least 4 members (excludes halogenated alkanes) is 1. The van der Waals surface area contributed by atoms with Crippen molar-refractivity contribution in [1.82, 2.24) is 15.0 Å². The molecule has 6 rings (SSSR count). The van der Waals surface area contributed by atoms with Crippen molar-refractivity contribution in [3.8, 4) is 11.1 Å². The molecule has 1 saturated carbocycles. The lowest BCUT2D eigenvalue weighted by Crippen LogP contribution is -2.40. The van der Waals surface area contributed by atoms with Gasteiger partial charge in [-0.1, -0.05) is 85.9 Å². The predicted octanol–water partition coefficient (Wildman–Crippen LogP) is 7.34. The minimum Gasteiger partial charge on any atom is -0.341 e. The fourth-order valence-electron chi connectivity index (χ4n) is 6.91. The molecule has 1 fully saturated rings. The Kier molecular flexibility index (Phi) is 10.4. The first-order valence-electron chi connectivity index (χ1n) is 17.5. The van der Waals surface area contributed by atoms with E-state index in [2.05, 4.69) is 16.8 Å². The maximum Gasteiger partial charge on any atom is 0.264 e. The van der Waals surface area contributed by atoms with Crippen LogP contribution >= 0.6 is 0 Å². The second-order valence-electron chi connectivity index (χ2n) is 13.6. The van der Waals surface area contributed by atoms with Gasteiger partial charge in [-0.15, -0.1) is 0 Å². The number of carbonyl (C=O) groups is 2. The fourth-order valence-corrected chi connectivity index (χ4v) is 8.18. The molecule has 1 N–H and O–H groups in total. The molecule has 4 aromatic rings. The summed E-state index contributed by atoms with van der Waals surface area (Å²) >= 11 is 0. The molecule has 0 atom stereocenters. The van der Waals surface area contributed by atoms with Gasteiger partial charge in [-0.2, -0.15) is 0 Å². The second-order valence-corrected chi connectivity index (χ2v) is 15.2. The van der Waals surface area contributed by atoms with Crippen LogP contribution in [0.5, 0.6) is 0 Å². The molecule has 1 spiro atoms. The van der Waals surface area contributed by atoms with Gasteiger partial charge in [0.1, 0.15) is 17.2 Å². The number of benzene rings is 3. The average Bonchev–Trinajstić information content (AvgIpc) is 3.79. The summed E-state index contributed by atoms with van der Waals surface area (Å²) in [5, 5.41) is 3.88. The van der Waals surface area contributed by atoms with Gasteiger partial charge in [-0.05, 0) is 67.5 Å². The molecule has 51 heavy (non-hydrogen) atoms. The van der Waals surface area contributed by atoms with Crippen molar-refractivity contribution in [2.75, 3.05) is 11.8 Å². The normalized spacial score (nSPS) is 15.4. The van der Waals surface area contributed by atoms with E-state index in [9.17, 15) is 22.4 Å². The molecule has 1 aliphatic heterocycles. The number of aliphatic imine (C=N–C) groups is 1. The van der Waals surface area contributed by atoms with Crippen LogP contribution in [0.15, 0.2) is 81.1 Å². The third-order valence-electron chi connectivity index (χ3n) is 9.98. The highest BCUT2D eigenvalue weighted by Crippen LogP contribution is 2.40. The van der Waals surface area contributed by atoms with Crippen molar-refractivity contribution in [3.63, 3.8) is 0 Å². The van der Waals surface area contributed by atoms with Crippen LogP contribution in [0.3, 0.4) is 0 Å². The van der Waals surface area contributed by atoms with E-state index in [1.165, 1.54) is 17.0 Å². The van der Waals surface area contributed by atoms with E-state index in [0.717, 1.165) is 49.9 Å². The van der Waals surface area contributed by atoms with Crippen LogP contribution in [0.4, 0.5) is 10.3 Å². The van der Waals surface area contributed by atoms with Crippen molar-refractivity contribution < 1.29 is 26.9 Å². The van der Waals surface area contributed by atoms with Gasteiger partial charge in [-0.25, -0.2) is 17.5 Å². The molecular weight excluding hydrogens is 670 g/mol. The second kappa shape index (κ2) is 14.8. The highest BCUT2D eigenvalue weighted by molar-refractivity contribution is 7.92. The van der Waals surface area contributed by atoms with Crippen LogP contribution in [0, 0.1) is 19.7 Å². The summed E-state index contributed by atoms with van der Waals surface area (Å²) in [5.41, 5.74) is 3.26. The number of anilines is 1. The third-order valence-corrected chi connectivity index (χ3v) is 11.4. The molecule has 0 saturated heterocycles. The largest absolute Gasteiger partial charge is 0.341 e. The van der Waals surface area contributed by atoms with Crippen LogP contribution in [-0.4, -0.2) is 53.6 Å². The number of rotatable bonds is 13. The molecule has 12 heteroatoms. The van der Waals surface area contributed by atoms with Gasteiger partial charge in [0.15, 0.2) is 0 Å². The highest BCUT2D eigenvalue weighted by atomic mass is 32.2. The number of amides is 2. The number of nitrogens with zero attached hydrogens (tertiary/aromatic N) is 4. The molecule has 0 bridgehead atoms. The summed E-state index contributed by atoms with van der Waals surface area (Å²) in [6.45, 7) is 5.97. The van der Waals surface area contributed by atoms with Gasteiger partial charge < -0.3 is 9.42 Å². The monoisotopic (exact) mass is 713 g/mol. The zero-order chi connectivity index (χ0) is 36.3. The number of likely N-dealkylation sites (N-methyl/N-ethyl adjacent to an activating group) is 1. The van der Waals surface area contributed by atoms with E-state index in [0.29, 0.717) is 40.9 Å².